The van der Waals surface area contributed by atoms with E-state index in [1.165, 1.54) is 61.0 Å². The van der Waals surface area contributed by atoms with Crippen LogP contribution in [0.25, 0.3) is 0 Å². The van der Waals surface area contributed by atoms with Crippen molar-refractivity contribution in [3.8, 4) is 0 Å². The van der Waals surface area contributed by atoms with Gasteiger partial charge in [-0.1, -0.05) is 87.5 Å². The number of carbonyl (C=O) groups is 4. The summed E-state index contributed by atoms with van der Waals surface area (Å²) in [6, 6.07) is 5.43. The molecule has 6 atom stereocenters. The van der Waals surface area contributed by atoms with Gasteiger partial charge in [-0.25, -0.2) is 9.59 Å². The summed E-state index contributed by atoms with van der Waals surface area (Å²) in [6.45, 7) is 14.8. The van der Waals surface area contributed by atoms with Gasteiger partial charge in [0.15, 0.2) is 0 Å². The van der Waals surface area contributed by atoms with E-state index in [4.69, 9.17) is 9.47 Å². The topological polar surface area (TPSA) is 86.7 Å². The fraction of sp³-hybridized carbons (Fsp3) is 0.722. The Kier molecular flexibility index (Phi) is 8.21. The van der Waals surface area contributed by atoms with Gasteiger partial charge in [0, 0.05) is 28.3 Å². The van der Waals surface area contributed by atoms with E-state index in [0.717, 1.165) is 37.8 Å². The molecule has 0 aromatic heterocycles. The average molecular weight is 637 g/mol. The molecule has 4 bridgehead atoms. The Morgan fingerprint density at radius 1 is 0.636 bits per heavy atom. The molecule has 8 heteroatoms. The van der Waals surface area contributed by atoms with Gasteiger partial charge in [0.25, 0.3) is 0 Å². The summed E-state index contributed by atoms with van der Waals surface area (Å²) in [5, 5.41) is 0. The summed E-state index contributed by atoms with van der Waals surface area (Å²) < 4.78 is 10.2. The van der Waals surface area contributed by atoms with Gasteiger partial charge in [-0.15, -0.1) is 0 Å². The Morgan fingerprint density at radius 3 is 1.27 bits per heavy atom. The zero-order valence-electron chi connectivity index (χ0n) is 27.7. The lowest BCUT2D eigenvalue weighted by atomic mass is 9.70. The summed E-state index contributed by atoms with van der Waals surface area (Å²) in [4.78, 5) is 50.6. The quantitative estimate of drug-likeness (QED) is 0.0970. The van der Waals surface area contributed by atoms with Gasteiger partial charge >= 0.3 is 23.9 Å². The highest BCUT2D eigenvalue weighted by Crippen LogP contribution is 2.59. The van der Waals surface area contributed by atoms with Crippen molar-refractivity contribution in [3.05, 3.63) is 35.5 Å². The fourth-order valence-electron chi connectivity index (χ4n) is 9.77. The van der Waals surface area contributed by atoms with Crippen molar-refractivity contribution in [2.24, 2.45) is 46.3 Å². The highest BCUT2D eigenvalue weighted by atomic mass is 28.3. The molecule has 0 radical (unpaired) electrons. The van der Waals surface area contributed by atoms with Crippen LogP contribution in [0.3, 0.4) is 0 Å². The molecular weight excluding hydrogens is 585 g/mol. The molecule has 6 aliphatic rings. The molecule has 2 saturated carbocycles. The van der Waals surface area contributed by atoms with E-state index in [1.54, 1.807) is 0 Å². The molecule has 240 valence electrons. The van der Waals surface area contributed by atoms with Gasteiger partial charge in [-0.2, -0.15) is 0 Å². The minimum Gasteiger partial charge on any atom is -0.390 e. The van der Waals surface area contributed by atoms with E-state index in [2.05, 4.69) is 52.2 Å². The Balaban J connectivity index is 0.965. The Bertz CT molecular complexity index is 1220. The first-order valence-corrected chi connectivity index (χ1v) is 24.0. The van der Waals surface area contributed by atoms with Gasteiger partial charge in [-0.3, -0.25) is 9.59 Å². The molecule has 44 heavy (non-hydrogen) atoms. The Labute approximate surface area is 265 Å². The molecule has 6 rings (SSSR count). The van der Waals surface area contributed by atoms with Gasteiger partial charge < -0.3 is 9.47 Å². The number of ether oxygens (including phenoxy) is 2. The van der Waals surface area contributed by atoms with Crippen molar-refractivity contribution in [1.82, 2.24) is 0 Å². The highest BCUT2D eigenvalue weighted by molar-refractivity contribution is 6.78. The van der Waals surface area contributed by atoms with Crippen molar-refractivity contribution >= 4 is 40.0 Å². The third-order valence-electron chi connectivity index (χ3n) is 13.1. The normalized spacial score (nSPS) is 35.7. The minimum atomic E-state index is -1.05. The lowest BCUT2D eigenvalue weighted by molar-refractivity contribution is -0.162. The lowest BCUT2D eigenvalue weighted by Gasteiger charge is -2.44. The first-order valence-electron chi connectivity index (χ1n) is 17.2. The summed E-state index contributed by atoms with van der Waals surface area (Å²) in [7, 11) is -2.10. The minimum absolute atomic E-state index is 0.122. The largest absolute Gasteiger partial charge is 0.390 e. The van der Waals surface area contributed by atoms with Gasteiger partial charge in [0.05, 0.1) is 11.8 Å². The lowest BCUT2D eigenvalue weighted by Crippen LogP contribution is -2.38. The number of hydrogen-bond acceptors (Lipinski definition) is 6. The van der Waals surface area contributed by atoms with Gasteiger partial charge in [0.2, 0.25) is 0 Å². The number of rotatable bonds is 6. The third kappa shape index (κ3) is 6.18. The van der Waals surface area contributed by atoms with Crippen LogP contribution in [-0.4, -0.2) is 40.0 Å². The van der Waals surface area contributed by atoms with Crippen LogP contribution in [0.5, 0.6) is 0 Å². The van der Waals surface area contributed by atoms with Crippen LogP contribution in [-0.2, 0) is 28.7 Å². The van der Waals surface area contributed by atoms with Crippen LogP contribution in [0.15, 0.2) is 35.5 Å². The zero-order chi connectivity index (χ0) is 31.7. The molecule has 6 nitrogen and oxygen atoms in total. The van der Waals surface area contributed by atoms with Crippen molar-refractivity contribution in [2.45, 2.75) is 116 Å². The molecule has 4 aliphatic carbocycles. The van der Waals surface area contributed by atoms with Crippen LogP contribution in [0.4, 0.5) is 0 Å². The summed E-state index contributed by atoms with van der Waals surface area (Å²) >= 11 is 0. The zero-order valence-corrected chi connectivity index (χ0v) is 29.7. The summed E-state index contributed by atoms with van der Waals surface area (Å²) in [5.74, 6) is -2.41. The molecule has 0 amide bonds. The smallest absolute Gasteiger partial charge is 0.338 e. The molecule has 0 aromatic carbocycles. The highest BCUT2D eigenvalue weighted by Gasteiger charge is 2.52. The monoisotopic (exact) mass is 636 g/mol. The molecule has 0 N–H and O–H groups in total. The van der Waals surface area contributed by atoms with Crippen molar-refractivity contribution in [2.75, 3.05) is 0 Å². The van der Waals surface area contributed by atoms with Crippen LogP contribution in [0.1, 0.15) is 65.2 Å². The number of carbonyl (C=O) groups excluding carboxylic acids is 4. The number of esters is 4. The van der Waals surface area contributed by atoms with Crippen LogP contribution < -0.4 is 0 Å². The molecule has 2 saturated heterocycles. The second-order valence-corrected chi connectivity index (χ2v) is 28.0. The standard InChI is InChI=1S/C36H52O6Si2/c1-35(9-13-43(3,4)14-10-35)29-21-23-17-25(29)19-27(23)33(39)41-31(37)7-8-32(38)42-34(40)28-20-26-18-24(28)22-30(26)36(2)11-15-44(5,6)16-12-36/h7-8,21-28H,9-20H2,1-6H3/b8-7-. The molecule has 0 spiro atoms. The van der Waals surface area contributed by atoms with E-state index in [0.29, 0.717) is 11.8 Å². The predicted octanol–water partition coefficient (Wildman–Crippen LogP) is 7.86. The predicted molar refractivity (Wildman–Crippen MR) is 176 cm³/mol. The van der Waals surface area contributed by atoms with E-state index >= 15 is 0 Å². The number of fused-ring (bicyclic) bond motifs is 4. The van der Waals surface area contributed by atoms with E-state index in [-0.39, 0.29) is 34.5 Å². The van der Waals surface area contributed by atoms with Crippen LogP contribution in [0.2, 0.25) is 50.4 Å². The van der Waals surface area contributed by atoms with E-state index in [9.17, 15) is 19.2 Å². The molecule has 2 aliphatic heterocycles. The van der Waals surface area contributed by atoms with E-state index in [1.807, 2.05) is 0 Å². The van der Waals surface area contributed by atoms with Crippen molar-refractivity contribution < 1.29 is 28.7 Å². The van der Waals surface area contributed by atoms with Crippen molar-refractivity contribution in [3.63, 3.8) is 0 Å². The maximum Gasteiger partial charge on any atom is 0.338 e. The first kappa shape index (κ1) is 31.9. The third-order valence-corrected chi connectivity index (χ3v) is 19.5. The molecular formula is C36H52O6Si2. The van der Waals surface area contributed by atoms with Crippen LogP contribution in [0, 0.1) is 46.3 Å². The summed E-state index contributed by atoms with van der Waals surface area (Å²) in [5.41, 5.74) is 3.56. The van der Waals surface area contributed by atoms with Gasteiger partial charge in [-0.05, 0) is 85.9 Å². The maximum atomic E-state index is 12.9. The Morgan fingerprint density at radius 2 is 0.977 bits per heavy atom. The van der Waals surface area contributed by atoms with Gasteiger partial charge in [0.1, 0.15) is 0 Å². The summed E-state index contributed by atoms with van der Waals surface area (Å²) in [6.07, 6.45) is 14.8. The van der Waals surface area contributed by atoms with E-state index < -0.39 is 40.0 Å². The second kappa shape index (κ2) is 11.3. The number of allylic oxidation sites excluding steroid dienone is 4. The molecule has 2 heterocycles. The second-order valence-electron chi connectivity index (χ2n) is 17.4. The van der Waals surface area contributed by atoms with Crippen LogP contribution >= 0.6 is 0 Å². The van der Waals surface area contributed by atoms with Crippen molar-refractivity contribution in [1.29, 1.82) is 0 Å². The molecule has 6 unspecified atom stereocenters. The maximum absolute atomic E-state index is 12.9. The molecule has 0 aromatic rings. The Hall–Kier alpha value is -2.07. The first-order chi connectivity index (χ1) is 20.6. The number of hydrogen-bond donors (Lipinski definition) is 0. The SMILES string of the molecule is CC1(C2=CC3CC2CC3C(=O)OC(=O)/C=C\C(=O)OC(=O)C2CC3CC2C=C3C2(C)CC[Si](C)(C)CC2)CC[Si](C)(C)CC1. The average Bonchev–Trinajstić information content (AvgIpc) is 3.76. The molecule has 4 fully saturated rings. The fourth-order valence-corrected chi connectivity index (χ4v) is 15.2.